The molecule has 0 aliphatic rings. The molecule has 0 radical (unpaired) electrons. The van der Waals surface area contributed by atoms with Gasteiger partial charge >= 0.3 is 0 Å². The number of hydrogen-bond acceptors (Lipinski definition) is 2. The van der Waals surface area contributed by atoms with Gasteiger partial charge in [0.15, 0.2) is 0 Å². The van der Waals surface area contributed by atoms with E-state index in [9.17, 15) is 8.78 Å². The first-order chi connectivity index (χ1) is 5.00. The smallest absolute Gasteiger partial charge is 0.241 e. The Hall–Kier alpha value is -0.640. The number of allylic oxidation sites excluding steroid dienone is 1. The van der Waals surface area contributed by atoms with Gasteiger partial charge in [0.1, 0.15) is 0 Å². The van der Waals surface area contributed by atoms with Crippen LogP contribution in [0.3, 0.4) is 0 Å². The molecule has 11 heavy (non-hydrogen) atoms. The molecule has 0 spiro atoms. The number of nitrogens with one attached hydrogen (secondary N) is 1. The Kier molecular flexibility index (Phi) is 4.03. The molecule has 0 rings (SSSR count). The van der Waals surface area contributed by atoms with Gasteiger partial charge in [0.25, 0.3) is 0 Å². The van der Waals surface area contributed by atoms with Crippen LogP contribution in [0.1, 0.15) is 13.8 Å². The molecule has 0 aliphatic carbocycles. The lowest BCUT2D eigenvalue weighted by Crippen LogP contribution is -2.23. The first-order valence-corrected chi connectivity index (χ1v) is 3.37. The maximum Gasteiger partial charge on any atom is 0.241 e. The van der Waals surface area contributed by atoms with E-state index in [1.165, 1.54) is 6.92 Å². The first kappa shape index (κ1) is 10.4. The van der Waals surface area contributed by atoms with Gasteiger partial charge in [-0.1, -0.05) is 20.4 Å². The average molecular weight is 165 g/mol. The molecule has 0 aliphatic heterocycles. The highest BCUT2D eigenvalue weighted by Gasteiger charge is 2.23. The largest absolute Gasteiger partial charge is 0.291 e. The summed E-state index contributed by atoms with van der Waals surface area (Å²) in [4.78, 5) is 0. The molecule has 0 heterocycles. The Morgan fingerprint density at radius 1 is 1.45 bits per heavy atom. The van der Waals surface area contributed by atoms with Gasteiger partial charge in [-0.05, 0) is 0 Å². The zero-order valence-corrected chi connectivity index (χ0v) is 6.64. The van der Waals surface area contributed by atoms with Gasteiger partial charge in [0, 0.05) is 17.5 Å². The van der Waals surface area contributed by atoms with Crippen molar-refractivity contribution in [3.63, 3.8) is 0 Å². The second-order valence-corrected chi connectivity index (χ2v) is 2.62. The van der Waals surface area contributed by atoms with Gasteiger partial charge in [-0.25, -0.2) is 8.78 Å². The molecule has 0 aromatic rings. The van der Waals surface area contributed by atoms with Crippen LogP contribution in [-0.2, 0) is 0 Å². The second-order valence-electron chi connectivity index (χ2n) is 2.62. The predicted molar refractivity (Wildman–Crippen MR) is 38.4 cm³/mol. The summed E-state index contributed by atoms with van der Waals surface area (Å²) in [6.45, 7) is 6.38. The summed E-state index contributed by atoms with van der Waals surface area (Å²) in [7, 11) is 0. The monoisotopic (exact) mass is 165 g/mol. The van der Waals surface area contributed by atoms with Crippen LogP contribution < -0.4 is 5.48 Å². The van der Waals surface area contributed by atoms with Gasteiger partial charge in [0.05, 0.1) is 0 Å². The standard InChI is InChI=1S/C7H13F2NO/c1-4(6(3)10-11)5(2)7(8)9/h4-5,7,10-11H,3H2,1-2H3. The highest BCUT2D eigenvalue weighted by atomic mass is 19.3. The summed E-state index contributed by atoms with van der Waals surface area (Å²) in [6.07, 6.45) is -2.38. The van der Waals surface area contributed by atoms with Gasteiger partial charge in [-0.2, -0.15) is 0 Å². The minimum Gasteiger partial charge on any atom is -0.291 e. The molecule has 0 fully saturated rings. The highest BCUT2D eigenvalue weighted by molar-refractivity contribution is 4.95. The van der Waals surface area contributed by atoms with E-state index in [2.05, 4.69) is 6.58 Å². The highest BCUT2D eigenvalue weighted by Crippen LogP contribution is 2.22. The Labute approximate surface area is 64.9 Å². The van der Waals surface area contributed by atoms with Crippen molar-refractivity contribution in [3.05, 3.63) is 12.3 Å². The Balaban J connectivity index is 4.01. The molecule has 0 saturated heterocycles. The maximum absolute atomic E-state index is 12.0. The van der Waals surface area contributed by atoms with Crippen LogP contribution in [0, 0.1) is 11.8 Å². The predicted octanol–water partition coefficient (Wildman–Crippen LogP) is 2.02. The topological polar surface area (TPSA) is 32.3 Å². The van der Waals surface area contributed by atoms with Gasteiger partial charge in [0.2, 0.25) is 6.43 Å². The van der Waals surface area contributed by atoms with E-state index in [0.717, 1.165) is 0 Å². The van der Waals surface area contributed by atoms with E-state index in [1.807, 2.05) is 0 Å². The molecule has 2 atom stereocenters. The van der Waals surface area contributed by atoms with Crippen LogP contribution in [0.15, 0.2) is 12.3 Å². The Morgan fingerprint density at radius 2 is 1.91 bits per heavy atom. The molecular formula is C7H13F2NO. The fraction of sp³-hybridized carbons (Fsp3) is 0.714. The molecule has 0 saturated carbocycles. The first-order valence-electron chi connectivity index (χ1n) is 3.37. The molecule has 66 valence electrons. The SMILES string of the molecule is C=C(NO)C(C)C(C)C(F)F. The number of hydrogen-bond donors (Lipinski definition) is 2. The molecule has 2 N–H and O–H groups in total. The summed E-state index contributed by atoms with van der Waals surface area (Å²) in [6, 6.07) is 0. The molecule has 2 nitrogen and oxygen atoms in total. The molecule has 0 aromatic carbocycles. The summed E-state index contributed by atoms with van der Waals surface area (Å²) in [5.74, 6) is -1.22. The van der Waals surface area contributed by atoms with Gasteiger partial charge < -0.3 is 0 Å². The van der Waals surface area contributed by atoms with E-state index >= 15 is 0 Å². The van der Waals surface area contributed by atoms with Crippen LogP contribution in [0.5, 0.6) is 0 Å². The van der Waals surface area contributed by atoms with Crippen molar-refractivity contribution in [2.75, 3.05) is 0 Å². The lowest BCUT2D eigenvalue weighted by atomic mass is 9.94. The third-order valence-electron chi connectivity index (χ3n) is 1.88. The fourth-order valence-electron chi connectivity index (χ4n) is 0.637. The Morgan fingerprint density at radius 3 is 2.18 bits per heavy atom. The van der Waals surface area contributed by atoms with Crippen molar-refractivity contribution in [1.29, 1.82) is 0 Å². The fourth-order valence-corrected chi connectivity index (χ4v) is 0.637. The summed E-state index contributed by atoms with van der Waals surface area (Å²) < 4.78 is 24.0. The molecule has 4 heteroatoms. The molecule has 2 unspecified atom stereocenters. The quantitative estimate of drug-likeness (QED) is 0.624. The molecule has 0 amide bonds. The van der Waals surface area contributed by atoms with E-state index in [4.69, 9.17) is 5.21 Å². The lowest BCUT2D eigenvalue weighted by molar-refractivity contribution is 0.0579. The third-order valence-corrected chi connectivity index (χ3v) is 1.88. The average Bonchev–Trinajstić information content (AvgIpc) is 2.00. The maximum atomic E-state index is 12.0. The van der Waals surface area contributed by atoms with Gasteiger partial charge in [-0.15, -0.1) is 0 Å². The van der Waals surface area contributed by atoms with Crippen molar-refractivity contribution in [3.8, 4) is 0 Å². The third kappa shape index (κ3) is 2.84. The summed E-state index contributed by atoms with van der Waals surface area (Å²) >= 11 is 0. The van der Waals surface area contributed by atoms with Crippen molar-refractivity contribution < 1.29 is 14.0 Å². The molecular weight excluding hydrogens is 152 g/mol. The van der Waals surface area contributed by atoms with Crippen LogP contribution >= 0.6 is 0 Å². The minimum absolute atomic E-state index is 0.220. The minimum atomic E-state index is -2.38. The molecule has 0 aromatic heterocycles. The van der Waals surface area contributed by atoms with Crippen LogP contribution in [-0.4, -0.2) is 11.6 Å². The number of alkyl halides is 2. The van der Waals surface area contributed by atoms with Gasteiger partial charge in [-0.3, -0.25) is 10.7 Å². The van der Waals surface area contributed by atoms with Crippen LogP contribution in [0.25, 0.3) is 0 Å². The molecule has 0 bridgehead atoms. The second kappa shape index (κ2) is 4.28. The van der Waals surface area contributed by atoms with Crippen molar-refractivity contribution in [1.82, 2.24) is 5.48 Å². The Bertz CT molecular complexity index is 138. The van der Waals surface area contributed by atoms with Crippen LogP contribution in [0.4, 0.5) is 8.78 Å². The lowest BCUT2D eigenvalue weighted by Gasteiger charge is -2.19. The zero-order chi connectivity index (χ0) is 9.02. The van der Waals surface area contributed by atoms with E-state index in [-0.39, 0.29) is 5.70 Å². The normalized spacial score (nSPS) is 16.2. The van der Waals surface area contributed by atoms with E-state index < -0.39 is 18.3 Å². The summed E-state index contributed by atoms with van der Waals surface area (Å²) in [5, 5.41) is 8.34. The zero-order valence-electron chi connectivity index (χ0n) is 6.64. The number of halogens is 2. The van der Waals surface area contributed by atoms with Crippen LogP contribution in [0.2, 0.25) is 0 Å². The van der Waals surface area contributed by atoms with Crippen molar-refractivity contribution >= 4 is 0 Å². The summed E-state index contributed by atoms with van der Waals surface area (Å²) in [5.41, 5.74) is 1.99. The van der Waals surface area contributed by atoms with Crippen molar-refractivity contribution in [2.45, 2.75) is 20.3 Å². The number of rotatable bonds is 4. The van der Waals surface area contributed by atoms with Crippen molar-refractivity contribution in [2.24, 2.45) is 11.8 Å². The van der Waals surface area contributed by atoms with E-state index in [1.54, 1.807) is 12.4 Å². The van der Waals surface area contributed by atoms with E-state index in [0.29, 0.717) is 0 Å². The number of hydroxylamine groups is 1.